The van der Waals surface area contributed by atoms with Crippen LogP contribution >= 0.6 is 11.3 Å². The first-order valence-electron chi connectivity index (χ1n) is 13.1. The number of carbonyl (C=O) groups excluding carboxylic acids is 1. The van der Waals surface area contributed by atoms with Gasteiger partial charge in [-0.1, -0.05) is 48.0 Å². The number of hydrazone groups is 1. The Morgan fingerprint density at radius 1 is 0.925 bits per heavy atom. The van der Waals surface area contributed by atoms with Gasteiger partial charge in [0.25, 0.3) is 5.91 Å². The van der Waals surface area contributed by atoms with Crippen LogP contribution in [0.4, 0.5) is 17.1 Å². The summed E-state index contributed by atoms with van der Waals surface area (Å²) in [6.45, 7) is 3.12. The van der Waals surface area contributed by atoms with Crippen molar-refractivity contribution < 1.29 is 14.7 Å². The number of aryl methyl sites for hydroxylation is 2. The van der Waals surface area contributed by atoms with Gasteiger partial charge in [-0.2, -0.15) is 10.1 Å². The molecule has 6 rings (SSSR count). The highest BCUT2D eigenvalue weighted by molar-refractivity contribution is 7.13. The minimum atomic E-state index is -1.23. The molecule has 0 unspecified atom stereocenters. The molecule has 4 aromatic rings. The fourth-order valence-corrected chi connectivity index (χ4v) is 5.87. The summed E-state index contributed by atoms with van der Waals surface area (Å²) in [5.41, 5.74) is 6.55. The van der Waals surface area contributed by atoms with E-state index in [1.807, 2.05) is 24.3 Å². The van der Waals surface area contributed by atoms with Crippen molar-refractivity contribution in [2.45, 2.75) is 19.8 Å². The van der Waals surface area contributed by atoms with Gasteiger partial charge >= 0.3 is 5.97 Å². The number of para-hydroxylation sites is 1. The van der Waals surface area contributed by atoms with Gasteiger partial charge < -0.3 is 10.0 Å². The lowest BCUT2D eigenvalue weighted by Gasteiger charge is -2.31. The zero-order valence-electron chi connectivity index (χ0n) is 21.9. The van der Waals surface area contributed by atoms with Gasteiger partial charge in [0.2, 0.25) is 0 Å². The summed E-state index contributed by atoms with van der Waals surface area (Å²) in [5.74, 6) is -1.69. The van der Waals surface area contributed by atoms with E-state index in [1.165, 1.54) is 33.8 Å². The number of carboxylic acid groups (broad SMARTS) is 1. The number of carbonyl (C=O) groups is 2. The van der Waals surface area contributed by atoms with Crippen LogP contribution < -0.4 is 9.91 Å². The maximum absolute atomic E-state index is 13.1. The molecule has 0 bridgehead atoms. The smallest absolute Gasteiger partial charge is 0.357 e. The lowest BCUT2D eigenvalue weighted by molar-refractivity contribution is -0.129. The highest BCUT2D eigenvalue weighted by atomic mass is 32.1. The molecule has 40 heavy (non-hydrogen) atoms. The van der Waals surface area contributed by atoms with Crippen LogP contribution in [0, 0.1) is 6.92 Å². The number of hydrogen-bond donors (Lipinski definition) is 1. The molecule has 0 saturated heterocycles. The molecule has 0 fully saturated rings. The molecular formula is C33H27N3O3S. The van der Waals surface area contributed by atoms with E-state index in [-0.39, 0.29) is 11.3 Å². The molecule has 0 spiro atoms. The summed E-state index contributed by atoms with van der Waals surface area (Å²) < 4.78 is 0. The SMILES string of the molecule is Cc1ccc(N2CCCc3cc(/C=C/c4ccc(/C=C5\C(=O)N(c6ccccc6)N=C5C(=O)O)s4)ccc32)cc1. The first kappa shape index (κ1) is 25.5. The van der Waals surface area contributed by atoms with Crippen molar-refractivity contribution >= 4 is 64.2 Å². The Kier molecular flexibility index (Phi) is 6.88. The second-order valence-corrected chi connectivity index (χ2v) is 11.0. The topological polar surface area (TPSA) is 73.2 Å². The minimum absolute atomic E-state index is 0.0709. The number of rotatable bonds is 6. The average molecular weight is 546 g/mol. The molecule has 1 N–H and O–H groups in total. The fourth-order valence-electron chi connectivity index (χ4n) is 5.02. The molecule has 2 aliphatic heterocycles. The van der Waals surface area contributed by atoms with E-state index in [2.05, 4.69) is 65.5 Å². The van der Waals surface area contributed by atoms with E-state index < -0.39 is 11.9 Å². The molecule has 0 saturated carbocycles. The number of nitrogens with zero attached hydrogens (tertiary/aromatic N) is 3. The van der Waals surface area contributed by atoms with E-state index in [0.29, 0.717) is 5.69 Å². The van der Waals surface area contributed by atoms with E-state index in [4.69, 9.17) is 0 Å². The van der Waals surface area contributed by atoms with Crippen LogP contribution in [0.3, 0.4) is 0 Å². The molecule has 198 valence electrons. The van der Waals surface area contributed by atoms with Gasteiger partial charge in [-0.25, -0.2) is 4.79 Å². The lowest BCUT2D eigenvalue weighted by atomic mass is 9.98. The van der Waals surface area contributed by atoms with E-state index in [0.717, 1.165) is 39.7 Å². The van der Waals surface area contributed by atoms with Gasteiger partial charge in [-0.05, 0) is 91.6 Å². The third-order valence-electron chi connectivity index (χ3n) is 7.02. The molecule has 7 heteroatoms. The van der Waals surface area contributed by atoms with Crippen LogP contribution in [0.15, 0.2) is 95.6 Å². The van der Waals surface area contributed by atoms with Gasteiger partial charge in [0.15, 0.2) is 5.71 Å². The number of thiophene rings is 1. The van der Waals surface area contributed by atoms with E-state index >= 15 is 0 Å². The number of fused-ring (bicyclic) bond motifs is 1. The van der Waals surface area contributed by atoms with Gasteiger partial charge in [0.1, 0.15) is 0 Å². The van der Waals surface area contributed by atoms with Crippen molar-refractivity contribution in [1.29, 1.82) is 0 Å². The minimum Gasteiger partial charge on any atom is -0.476 e. The van der Waals surface area contributed by atoms with Gasteiger partial charge in [0.05, 0.1) is 11.3 Å². The summed E-state index contributed by atoms with van der Waals surface area (Å²) in [4.78, 5) is 29.1. The van der Waals surface area contributed by atoms with Crippen LogP contribution in [-0.2, 0) is 16.0 Å². The monoisotopic (exact) mass is 545 g/mol. The summed E-state index contributed by atoms with van der Waals surface area (Å²) in [5, 5.41) is 14.9. The zero-order chi connectivity index (χ0) is 27.6. The molecular weight excluding hydrogens is 518 g/mol. The molecule has 6 nitrogen and oxygen atoms in total. The number of amides is 1. The average Bonchev–Trinajstić information content (AvgIpc) is 3.56. The standard InChI is InChI=1S/C33H27N3O3S/c1-22-9-13-25(14-10-22)35-19-5-6-24-20-23(12-18-30(24)35)11-15-27-16-17-28(40-27)21-29-31(33(38)39)34-36(32(29)37)26-7-3-2-4-8-26/h2-4,7-18,20-21H,5-6,19H2,1H3,(H,38,39)/b15-11+,29-21-. The number of carboxylic acids is 1. The lowest BCUT2D eigenvalue weighted by Crippen LogP contribution is -2.24. The van der Waals surface area contributed by atoms with Crippen molar-refractivity contribution in [3.8, 4) is 0 Å². The van der Waals surface area contributed by atoms with Crippen LogP contribution in [0.1, 0.15) is 32.9 Å². The Hall–Kier alpha value is -4.75. The van der Waals surface area contributed by atoms with E-state index in [9.17, 15) is 14.7 Å². The third kappa shape index (κ3) is 5.11. The second kappa shape index (κ2) is 10.8. The predicted molar refractivity (Wildman–Crippen MR) is 163 cm³/mol. The number of aliphatic carboxylic acids is 1. The molecule has 2 aliphatic rings. The highest BCUT2D eigenvalue weighted by Crippen LogP contribution is 2.35. The Labute approximate surface area is 236 Å². The van der Waals surface area contributed by atoms with Crippen molar-refractivity contribution in [3.63, 3.8) is 0 Å². The summed E-state index contributed by atoms with van der Waals surface area (Å²) >= 11 is 1.49. The number of anilines is 3. The van der Waals surface area contributed by atoms with Crippen molar-refractivity contribution in [3.05, 3.63) is 117 Å². The van der Waals surface area contributed by atoms with Crippen molar-refractivity contribution in [1.82, 2.24) is 0 Å². The molecule has 1 aromatic heterocycles. The Balaban J connectivity index is 1.21. The molecule has 3 aromatic carbocycles. The largest absolute Gasteiger partial charge is 0.476 e. The molecule has 1 amide bonds. The summed E-state index contributed by atoms with van der Waals surface area (Å²) in [7, 11) is 0. The maximum Gasteiger partial charge on any atom is 0.357 e. The van der Waals surface area contributed by atoms with Crippen molar-refractivity contribution in [2.75, 3.05) is 16.5 Å². The van der Waals surface area contributed by atoms with Crippen molar-refractivity contribution in [2.24, 2.45) is 5.10 Å². The van der Waals surface area contributed by atoms with E-state index in [1.54, 1.807) is 30.3 Å². The Morgan fingerprint density at radius 3 is 2.48 bits per heavy atom. The van der Waals surface area contributed by atoms with Crippen LogP contribution in [0.5, 0.6) is 0 Å². The number of hydrogen-bond acceptors (Lipinski definition) is 5. The Morgan fingerprint density at radius 2 is 1.70 bits per heavy atom. The molecule has 0 atom stereocenters. The molecule has 0 aliphatic carbocycles. The zero-order valence-corrected chi connectivity index (χ0v) is 22.8. The highest BCUT2D eigenvalue weighted by Gasteiger charge is 2.35. The van der Waals surface area contributed by atoms with Crippen LogP contribution in [0.25, 0.3) is 18.2 Å². The van der Waals surface area contributed by atoms with Crippen LogP contribution in [0.2, 0.25) is 0 Å². The van der Waals surface area contributed by atoms with Gasteiger partial charge in [0, 0.05) is 27.7 Å². The number of benzene rings is 3. The Bertz CT molecular complexity index is 1680. The third-order valence-corrected chi connectivity index (χ3v) is 8.02. The second-order valence-electron chi connectivity index (χ2n) is 9.82. The first-order chi connectivity index (χ1) is 19.5. The predicted octanol–water partition coefficient (Wildman–Crippen LogP) is 7.18. The van der Waals surface area contributed by atoms with Gasteiger partial charge in [-0.3, -0.25) is 4.79 Å². The fraction of sp³-hybridized carbons (Fsp3) is 0.121. The normalized spacial score (nSPS) is 16.1. The van der Waals surface area contributed by atoms with Gasteiger partial charge in [-0.15, -0.1) is 11.3 Å². The first-order valence-corrected chi connectivity index (χ1v) is 14.0. The molecule has 0 radical (unpaired) electrons. The summed E-state index contributed by atoms with van der Waals surface area (Å²) in [6, 6.07) is 28.0. The maximum atomic E-state index is 13.1. The quantitative estimate of drug-likeness (QED) is 0.261. The van der Waals surface area contributed by atoms with Crippen LogP contribution in [-0.4, -0.2) is 29.2 Å². The molecule has 3 heterocycles. The summed E-state index contributed by atoms with van der Waals surface area (Å²) in [6.07, 6.45) is 7.92.